The minimum Gasteiger partial charge on any atom is -0.490 e. The van der Waals surface area contributed by atoms with Crippen molar-refractivity contribution in [2.75, 3.05) is 20.1 Å². The molecule has 1 atom stereocenters. The van der Waals surface area contributed by atoms with Crippen LogP contribution in [0.1, 0.15) is 78.7 Å². The molecule has 0 aromatic heterocycles. The lowest BCUT2D eigenvalue weighted by molar-refractivity contribution is -0.151. The van der Waals surface area contributed by atoms with Gasteiger partial charge in [0.15, 0.2) is 6.04 Å². The van der Waals surface area contributed by atoms with Crippen LogP contribution in [-0.2, 0) is 15.5 Å². The predicted molar refractivity (Wildman–Crippen MR) is 193 cm³/mol. The molecule has 1 unspecified atom stereocenters. The van der Waals surface area contributed by atoms with Crippen molar-refractivity contribution in [3.63, 3.8) is 0 Å². The Balaban J connectivity index is 0.00000255. The summed E-state index contributed by atoms with van der Waals surface area (Å²) < 4.78 is 46.3. The van der Waals surface area contributed by atoms with E-state index in [9.17, 15) is 9.59 Å². The molecule has 0 bridgehead atoms. The highest BCUT2D eigenvalue weighted by Gasteiger charge is 2.50. The number of fused-ring (bicyclic) bond motifs is 1. The number of rotatable bonds is 9. The van der Waals surface area contributed by atoms with Gasteiger partial charge in [0.25, 0.3) is 5.92 Å². The smallest absolute Gasteiger partial charge is 0.407 e. The minimum atomic E-state index is -3.49. The maximum absolute atomic E-state index is 16.4. The number of carbonyl (C=O) groups is 2. The number of halogens is 3. The highest BCUT2D eigenvalue weighted by molar-refractivity contribution is 9.10. The molecule has 262 valence electrons. The number of nitrogens with one attached hydrogen (secondary N) is 1. The summed E-state index contributed by atoms with van der Waals surface area (Å²) in [5.74, 6) is -3.32. The van der Waals surface area contributed by atoms with E-state index in [1.807, 2.05) is 50.2 Å². The molecule has 0 spiro atoms. The molecule has 1 N–H and O–H groups in total. The lowest BCUT2D eigenvalue weighted by atomic mass is 9.98. The van der Waals surface area contributed by atoms with Gasteiger partial charge in [-0.25, -0.2) is 9.10 Å². The van der Waals surface area contributed by atoms with E-state index >= 15 is 8.78 Å². The predicted octanol–water partition coefficient (Wildman–Crippen LogP) is 9.57. The molecular formula is C37H48BrF2N3O4S. The molecule has 1 saturated heterocycles. The van der Waals surface area contributed by atoms with Crippen molar-refractivity contribution in [1.82, 2.24) is 14.5 Å². The zero-order valence-electron chi connectivity index (χ0n) is 28.7. The third kappa shape index (κ3) is 10.1. The first-order chi connectivity index (χ1) is 22.8. The van der Waals surface area contributed by atoms with Gasteiger partial charge in [0.2, 0.25) is 5.91 Å². The average Bonchev–Trinajstić information content (AvgIpc) is 3.55. The molecule has 3 aromatic rings. The number of hydrogen-bond acceptors (Lipinski definition) is 6. The molecule has 3 aromatic carbocycles. The van der Waals surface area contributed by atoms with Crippen molar-refractivity contribution >= 4 is 50.7 Å². The van der Waals surface area contributed by atoms with E-state index in [-0.39, 0.29) is 30.8 Å². The fourth-order valence-electron chi connectivity index (χ4n) is 6.01. The van der Waals surface area contributed by atoms with E-state index in [0.717, 1.165) is 46.2 Å². The molecule has 1 aliphatic carbocycles. The van der Waals surface area contributed by atoms with Gasteiger partial charge in [-0.15, -0.1) is 0 Å². The summed E-state index contributed by atoms with van der Waals surface area (Å²) in [5, 5.41) is 4.80. The molecule has 2 aliphatic rings. The maximum atomic E-state index is 16.4. The van der Waals surface area contributed by atoms with Crippen LogP contribution < -0.4 is 10.1 Å². The average molecular weight is 749 g/mol. The summed E-state index contributed by atoms with van der Waals surface area (Å²) in [6.07, 6.45) is 5.15. The van der Waals surface area contributed by atoms with Crippen molar-refractivity contribution in [1.29, 1.82) is 0 Å². The molecule has 0 radical (unpaired) electrons. The lowest BCUT2D eigenvalue weighted by Crippen LogP contribution is -2.56. The molecular weight excluding hydrogens is 700 g/mol. The van der Waals surface area contributed by atoms with E-state index in [0.29, 0.717) is 17.3 Å². The van der Waals surface area contributed by atoms with Crippen molar-refractivity contribution in [3.8, 4) is 5.75 Å². The van der Waals surface area contributed by atoms with E-state index in [2.05, 4.69) is 21.2 Å². The van der Waals surface area contributed by atoms with Crippen LogP contribution >= 0.6 is 27.9 Å². The first-order valence-electron chi connectivity index (χ1n) is 16.8. The van der Waals surface area contributed by atoms with E-state index in [4.69, 9.17) is 9.47 Å². The lowest BCUT2D eigenvalue weighted by Gasteiger charge is -2.39. The molecule has 48 heavy (non-hydrogen) atoms. The summed E-state index contributed by atoms with van der Waals surface area (Å²) in [6.45, 7) is 9.84. The summed E-state index contributed by atoms with van der Waals surface area (Å²) in [6, 6.07) is 15.6. The maximum Gasteiger partial charge on any atom is 0.407 e. The number of hydrogen-bond donors (Lipinski definition) is 1. The number of amides is 2. The number of likely N-dealkylation sites (N-methyl/N-ethyl adjacent to an activating group) is 1. The van der Waals surface area contributed by atoms with Gasteiger partial charge in [0, 0.05) is 34.1 Å². The standard InChI is InChI=1S/C35H42BrF2N3O4S.C2H6/c1-34(2,3)45-33(43)39-27-17-19-41(20-18-27)32(42)31(35(37,38)25-11-13-26(36)14-12-25)40(4)46-30-16-10-23-21-29(15-9-24(23)22-30)44-28-7-5-6-8-28;1-2/h9-16,21-22,27-28,31H,5-8,17-20H2,1-4H3,(H,39,43);1-2H3. The summed E-state index contributed by atoms with van der Waals surface area (Å²) in [7, 11) is 1.54. The molecule has 7 nitrogen and oxygen atoms in total. The minimum absolute atomic E-state index is 0.210. The number of alkyl carbamates (subject to hydrolysis) is 1. The Bertz CT molecular complexity index is 1520. The Morgan fingerprint density at radius 2 is 1.54 bits per heavy atom. The number of piperidine rings is 1. The van der Waals surface area contributed by atoms with Gasteiger partial charge in [-0.3, -0.25) is 4.79 Å². The molecule has 1 heterocycles. The number of ether oxygens (including phenoxy) is 2. The Kier molecular flexibility index (Phi) is 13.2. The van der Waals surface area contributed by atoms with Gasteiger partial charge in [-0.05, 0) is 125 Å². The largest absolute Gasteiger partial charge is 0.490 e. The molecule has 1 saturated carbocycles. The van der Waals surface area contributed by atoms with Crippen LogP contribution in [0.2, 0.25) is 0 Å². The van der Waals surface area contributed by atoms with Gasteiger partial charge in [0.05, 0.1) is 6.10 Å². The molecule has 2 fully saturated rings. The Hall–Kier alpha value is -2.89. The van der Waals surface area contributed by atoms with Crippen molar-refractivity contribution in [3.05, 3.63) is 70.7 Å². The van der Waals surface area contributed by atoms with Gasteiger partial charge < -0.3 is 19.7 Å². The second-order valence-corrected chi connectivity index (χ2v) is 15.3. The van der Waals surface area contributed by atoms with E-state index in [1.165, 1.54) is 34.2 Å². The molecule has 5 rings (SSSR count). The van der Waals surface area contributed by atoms with E-state index < -0.39 is 29.6 Å². The highest BCUT2D eigenvalue weighted by Crippen LogP contribution is 2.40. The number of nitrogens with zero attached hydrogens (tertiary/aromatic N) is 2. The zero-order valence-corrected chi connectivity index (χ0v) is 31.1. The summed E-state index contributed by atoms with van der Waals surface area (Å²) in [4.78, 5) is 28.5. The quantitative estimate of drug-likeness (QED) is 0.220. The van der Waals surface area contributed by atoms with Crippen LogP contribution in [-0.4, -0.2) is 65.1 Å². The normalized spacial score (nSPS) is 16.8. The van der Waals surface area contributed by atoms with Gasteiger partial charge in [-0.1, -0.05) is 54.0 Å². The van der Waals surface area contributed by atoms with Gasteiger partial charge in [0.1, 0.15) is 11.4 Å². The Morgan fingerprint density at radius 1 is 0.938 bits per heavy atom. The van der Waals surface area contributed by atoms with Crippen molar-refractivity contribution in [2.45, 2.75) is 108 Å². The van der Waals surface area contributed by atoms with Crippen LogP contribution in [0.5, 0.6) is 5.75 Å². The third-order valence-corrected chi connectivity index (χ3v) is 9.83. The van der Waals surface area contributed by atoms with Crippen LogP contribution in [0.3, 0.4) is 0 Å². The van der Waals surface area contributed by atoms with Crippen LogP contribution in [0, 0.1) is 0 Å². The fourth-order valence-corrected chi connectivity index (χ4v) is 7.24. The summed E-state index contributed by atoms with van der Waals surface area (Å²) in [5.41, 5.74) is -0.872. The second kappa shape index (κ2) is 16.7. The highest BCUT2D eigenvalue weighted by atomic mass is 79.9. The Morgan fingerprint density at radius 3 is 2.17 bits per heavy atom. The number of benzene rings is 3. The third-order valence-electron chi connectivity index (χ3n) is 8.34. The SMILES string of the molecule is CC.CN(Sc1ccc2cc(OC3CCCC3)ccc2c1)C(C(=O)N1CCC(NC(=O)OC(C)(C)C)CC1)C(F)(F)c1ccc(Br)cc1. The second-order valence-electron chi connectivity index (χ2n) is 13.1. The van der Waals surface area contributed by atoms with E-state index in [1.54, 1.807) is 40.0 Å². The monoisotopic (exact) mass is 747 g/mol. The van der Waals surface area contributed by atoms with Gasteiger partial charge >= 0.3 is 6.09 Å². The van der Waals surface area contributed by atoms with Crippen LogP contribution in [0.4, 0.5) is 13.6 Å². The molecule has 2 amide bonds. The van der Waals surface area contributed by atoms with Crippen LogP contribution in [0.15, 0.2) is 70.0 Å². The number of likely N-dealkylation sites (tertiary alicyclic amines) is 1. The molecule has 1 aliphatic heterocycles. The van der Waals surface area contributed by atoms with Gasteiger partial charge in [-0.2, -0.15) is 8.78 Å². The molecule has 11 heteroatoms. The number of carbonyl (C=O) groups excluding carboxylic acids is 2. The first-order valence-corrected chi connectivity index (χ1v) is 18.4. The van der Waals surface area contributed by atoms with Crippen molar-refractivity contribution in [2.24, 2.45) is 0 Å². The number of alkyl halides is 2. The van der Waals surface area contributed by atoms with Crippen LogP contribution in [0.25, 0.3) is 10.8 Å². The first kappa shape index (κ1) is 37.9. The zero-order chi connectivity index (χ0) is 35.1. The van der Waals surface area contributed by atoms with Crippen molar-refractivity contribution < 1.29 is 27.8 Å². The summed E-state index contributed by atoms with van der Waals surface area (Å²) >= 11 is 4.44. The topological polar surface area (TPSA) is 71.1 Å². The fraction of sp³-hybridized carbons (Fsp3) is 0.514. The Labute approximate surface area is 296 Å².